The number of hydrogen-bond acceptors (Lipinski definition) is 2. The van der Waals surface area contributed by atoms with Gasteiger partial charge < -0.3 is 10.8 Å². The van der Waals surface area contributed by atoms with Crippen LogP contribution in [0.4, 0.5) is 0 Å². The van der Waals surface area contributed by atoms with Crippen LogP contribution in [0.5, 0.6) is 5.75 Å². The normalized spacial score (nSPS) is 12.8. The average molecular weight is 179 g/mol. The summed E-state index contributed by atoms with van der Waals surface area (Å²) in [7, 11) is 0. The first-order chi connectivity index (χ1) is 6.15. The molecule has 1 rings (SSSR count). The first kappa shape index (κ1) is 10.1. The first-order valence-electron chi connectivity index (χ1n) is 4.70. The van der Waals surface area contributed by atoms with Crippen LogP contribution in [0, 0.1) is 6.92 Å². The minimum Gasteiger partial charge on any atom is -0.508 e. The van der Waals surface area contributed by atoms with Crippen molar-refractivity contribution in [3.05, 3.63) is 29.3 Å². The summed E-state index contributed by atoms with van der Waals surface area (Å²) in [5.41, 5.74) is 7.92. The van der Waals surface area contributed by atoms with Crippen molar-refractivity contribution < 1.29 is 5.11 Å². The molecule has 0 fully saturated rings. The predicted octanol–water partition coefficient (Wildman–Crippen LogP) is 2.50. The van der Waals surface area contributed by atoms with Crippen molar-refractivity contribution in [2.75, 3.05) is 0 Å². The van der Waals surface area contributed by atoms with E-state index < -0.39 is 0 Å². The van der Waals surface area contributed by atoms with Crippen LogP contribution in [-0.2, 0) is 0 Å². The fraction of sp³-hybridized carbons (Fsp3) is 0.455. The van der Waals surface area contributed by atoms with Gasteiger partial charge in [-0.1, -0.05) is 31.0 Å². The summed E-state index contributed by atoms with van der Waals surface area (Å²) in [6.07, 6.45) is 1.95. The Labute approximate surface area is 79.4 Å². The van der Waals surface area contributed by atoms with Gasteiger partial charge in [-0.15, -0.1) is 0 Å². The molecule has 0 aliphatic carbocycles. The topological polar surface area (TPSA) is 46.2 Å². The standard InChI is InChI=1S/C11H17NO/c1-3-4-10(12)9-7-8(2)5-6-11(9)13/h5-7,10,13H,3-4,12H2,1-2H3/t10-/m1/s1. The monoisotopic (exact) mass is 179 g/mol. The highest BCUT2D eigenvalue weighted by Gasteiger charge is 2.09. The number of benzene rings is 1. The van der Waals surface area contributed by atoms with Gasteiger partial charge in [0.2, 0.25) is 0 Å². The van der Waals surface area contributed by atoms with Gasteiger partial charge in [0, 0.05) is 11.6 Å². The smallest absolute Gasteiger partial charge is 0.120 e. The lowest BCUT2D eigenvalue weighted by atomic mass is 10.0. The Morgan fingerprint density at radius 3 is 2.77 bits per heavy atom. The van der Waals surface area contributed by atoms with Crippen LogP contribution in [0.25, 0.3) is 0 Å². The summed E-state index contributed by atoms with van der Waals surface area (Å²) in [5, 5.41) is 9.55. The molecule has 0 spiro atoms. The van der Waals surface area contributed by atoms with Crippen LogP contribution in [-0.4, -0.2) is 5.11 Å². The average Bonchev–Trinajstić information content (AvgIpc) is 2.09. The minimum absolute atomic E-state index is 0.0371. The number of phenolic OH excluding ortho intramolecular Hbond substituents is 1. The zero-order chi connectivity index (χ0) is 9.84. The van der Waals surface area contributed by atoms with Crippen molar-refractivity contribution in [1.29, 1.82) is 0 Å². The maximum Gasteiger partial charge on any atom is 0.120 e. The first-order valence-corrected chi connectivity index (χ1v) is 4.70. The highest BCUT2D eigenvalue weighted by Crippen LogP contribution is 2.26. The molecule has 0 amide bonds. The molecule has 0 saturated carbocycles. The van der Waals surface area contributed by atoms with E-state index in [-0.39, 0.29) is 6.04 Å². The zero-order valence-corrected chi connectivity index (χ0v) is 8.25. The fourth-order valence-corrected chi connectivity index (χ4v) is 1.44. The molecule has 2 heteroatoms. The van der Waals surface area contributed by atoms with Crippen molar-refractivity contribution in [2.45, 2.75) is 32.7 Å². The molecule has 0 saturated heterocycles. The summed E-state index contributed by atoms with van der Waals surface area (Å²) in [6, 6.07) is 5.51. The van der Waals surface area contributed by atoms with Crippen LogP contribution >= 0.6 is 0 Å². The molecule has 1 atom stereocenters. The Morgan fingerprint density at radius 2 is 2.15 bits per heavy atom. The molecule has 13 heavy (non-hydrogen) atoms. The van der Waals surface area contributed by atoms with Crippen LogP contribution in [0.3, 0.4) is 0 Å². The summed E-state index contributed by atoms with van der Waals surface area (Å²) >= 11 is 0. The third-order valence-electron chi connectivity index (χ3n) is 2.18. The molecule has 0 bridgehead atoms. The minimum atomic E-state index is -0.0371. The number of hydrogen-bond donors (Lipinski definition) is 2. The van der Waals surface area contributed by atoms with Crippen LogP contribution in [0.15, 0.2) is 18.2 Å². The van der Waals surface area contributed by atoms with E-state index in [1.807, 2.05) is 19.1 Å². The molecular weight excluding hydrogens is 162 g/mol. The van der Waals surface area contributed by atoms with Gasteiger partial charge >= 0.3 is 0 Å². The second kappa shape index (κ2) is 4.28. The molecule has 0 aliphatic rings. The Kier molecular flexibility index (Phi) is 3.32. The zero-order valence-electron chi connectivity index (χ0n) is 8.25. The molecule has 1 aromatic carbocycles. The van der Waals surface area contributed by atoms with E-state index in [1.54, 1.807) is 6.07 Å². The molecular formula is C11H17NO. The number of nitrogens with two attached hydrogens (primary N) is 1. The Balaban J connectivity index is 2.91. The maximum atomic E-state index is 9.55. The Hall–Kier alpha value is -1.02. The summed E-state index contributed by atoms with van der Waals surface area (Å²) in [4.78, 5) is 0. The van der Waals surface area contributed by atoms with Crippen molar-refractivity contribution in [3.8, 4) is 5.75 Å². The molecule has 0 aliphatic heterocycles. The molecule has 1 aromatic rings. The van der Waals surface area contributed by atoms with Gasteiger partial charge in [0.15, 0.2) is 0 Å². The van der Waals surface area contributed by atoms with Gasteiger partial charge in [-0.25, -0.2) is 0 Å². The highest BCUT2D eigenvalue weighted by molar-refractivity contribution is 5.37. The molecule has 3 N–H and O–H groups in total. The summed E-state index contributed by atoms with van der Waals surface area (Å²) in [5.74, 6) is 0.312. The Morgan fingerprint density at radius 1 is 1.46 bits per heavy atom. The maximum absolute atomic E-state index is 9.55. The number of aryl methyl sites for hydroxylation is 1. The quantitative estimate of drug-likeness (QED) is 0.748. The molecule has 0 unspecified atom stereocenters. The molecule has 0 aromatic heterocycles. The van der Waals surface area contributed by atoms with Crippen LogP contribution in [0.1, 0.15) is 36.9 Å². The third-order valence-corrected chi connectivity index (χ3v) is 2.18. The molecule has 2 nitrogen and oxygen atoms in total. The summed E-state index contributed by atoms with van der Waals surface area (Å²) < 4.78 is 0. The van der Waals surface area contributed by atoms with Gasteiger partial charge in [-0.05, 0) is 19.4 Å². The number of aromatic hydroxyl groups is 1. The van der Waals surface area contributed by atoms with Gasteiger partial charge in [0.25, 0.3) is 0 Å². The van der Waals surface area contributed by atoms with Crippen molar-refractivity contribution >= 4 is 0 Å². The number of phenols is 1. The van der Waals surface area contributed by atoms with Crippen LogP contribution < -0.4 is 5.73 Å². The van der Waals surface area contributed by atoms with Crippen molar-refractivity contribution in [2.24, 2.45) is 5.73 Å². The van der Waals surface area contributed by atoms with Crippen molar-refractivity contribution in [3.63, 3.8) is 0 Å². The lowest BCUT2D eigenvalue weighted by molar-refractivity contribution is 0.458. The van der Waals surface area contributed by atoms with E-state index in [1.165, 1.54) is 0 Å². The largest absolute Gasteiger partial charge is 0.508 e. The van der Waals surface area contributed by atoms with Crippen molar-refractivity contribution in [1.82, 2.24) is 0 Å². The Bertz CT molecular complexity index is 283. The van der Waals surface area contributed by atoms with Gasteiger partial charge in [0.1, 0.15) is 5.75 Å². The lowest BCUT2D eigenvalue weighted by Gasteiger charge is -2.12. The second-order valence-corrected chi connectivity index (χ2v) is 3.46. The predicted molar refractivity (Wildman–Crippen MR) is 54.7 cm³/mol. The third kappa shape index (κ3) is 2.46. The van der Waals surface area contributed by atoms with Gasteiger partial charge in [-0.2, -0.15) is 0 Å². The molecule has 0 radical (unpaired) electrons. The van der Waals surface area contributed by atoms with Gasteiger partial charge in [0.05, 0.1) is 0 Å². The van der Waals surface area contributed by atoms with E-state index in [2.05, 4.69) is 6.92 Å². The van der Waals surface area contributed by atoms with E-state index in [0.29, 0.717) is 5.75 Å². The lowest BCUT2D eigenvalue weighted by Crippen LogP contribution is -2.09. The van der Waals surface area contributed by atoms with E-state index in [4.69, 9.17) is 5.73 Å². The van der Waals surface area contributed by atoms with E-state index >= 15 is 0 Å². The van der Waals surface area contributed by atoms with E-state index in [9.17, 15) is 5.11 Å². The number of rotatable bonds is 3. The highest BCUT2D eigenvalue weighted by atomic mass is 16.3. The fourth-order valence-electron chi connectivity index (χ4n) is 1.44. The SMILES string of the molecule is CCC[C@@H](N)c1cc(C)ccc1O. The van der Waals surface area contributed by atoms with E-state index in [0.717, 1.165) is 24.0 Å². The second-order valence-electron chi connectivity index (χ2n) is 3.46. The van der Waals surface area contributed by atoms with Gasteiger partial charge in [-0.3, -0.25) is 0 Å². The molecule has 0 heterocycles. The summed E-state index contributed by atoms with van der Waals surface area (Å²) in [6.45, 7) is 4.09. The van der Waals surface area contributed by atoms with Crippen LogP contribution in [0.2, 0.25) is 0 Å². The molecule has 72 valence electrons.